The second kappa shape index (κ2) is 7.18. The first-order chi connectivity index (χ1) is 12.5. The van der Waals surface area contributed by atoms with Crippen LogP contribution in [0.5, 0.6) is 0 Å². The van der Waals surface area contributed by atoms with Gasteiger partial charge in [0.05, 0.1) is 12.7 Å². The molecule has 134 valence electrons. The molecule has 0 atom stereocenters. The Hall–Kier alpha value is -3.49. The Kier molecular flexibility index (Phi) is 4.78. The van der Waals surface area contributed by atoms with Gasteiger partial charge in [0, 0.05) is 17.8 Å². The standard InChI is InChI=1S/C17H17N5O4/c1-10(2)22-13(8-9-18-22)15-20-21-17(26-15)19-14(23)11-4-6-12(7-5-11)16(24)25-3/h4-10H,1-3H3,(H,19,21,23). The number of nitrogens with zero attached hydrogens (tertiary/aromatic N) is 4. The van der Waals surface area contributed by atoms with Crippen molar-refractivity contribution in [3.05, 3.63) is 47.7 Å². The molecule has 1 N–H and O–H groups in total. The highest BCUT2D eigenvalue weighted by molar-refractivity contribution is 6.03. The molecule has 3 aromatic rings. The molecule has 9 nitrogen and oxygen atoms in total. The van der Waals surface area contributed by atoms with Gasteiger partial charge < -0.3 is 9.15 Å². The molecule has 0 radical (unpaired) electrons. The van der Waals surface area contributed by atoms with Crippen LogP contribution < -0.4 is 5.32 Å². The Morgan fingerprint density at radius 3 is 2.46 bits per heavy atom. The van der Waals surface area contributed by atoms with Crippen molar-refractivity contribution in [3.8, 4) is 11.6 Å². The van der Waals surface area contributed by atoms with E-state index in [9.17, 15) is 9.59 Å². The van der Waals surface area contributed by atoms with Gasteiger partial charge in [-0.1, -0.05) is 5.10 Å². The molecule has 0 saturated carbocycles. The second-order valence-electron chi connectivity index (χ2n) is 5.69. The number of aromatic nitrogens is 4. The molecule has 0 saturated heterocycles. The average Bonchev–Trinajstić information content (AvgIpc) is 3.30. The van der Waals surface area contributed by atoms with Crippen molar-refractivity contribution < 1.29 is 18.7 Å². The molecule has 26 heavy (non-hydrogen) atoms. The van der Waals surface area contributed by atoms with Gasteiger partial charge in [0.25, 0.3) is 11.8 Å². The van der Waals surface area contributed by atoms with Crippen LogP contribution in [0, 0.1) is 0 Å². The summed E-state index contributed by atoms with van der Waals surface area (Å²) in [5.41, 5.74) is 1.35. The van der Waals surface area contributed by atoms with E-state index >= 15 is 0 Å². The molecule has 3 rings (SSSR count). The maximum Gasteiger partial charge on any atom is 0.337 e. The van der Waals surface area contributed by atoms with Crippen molar-refractivity contribution in [1.29, 1.82) is 0 Å². The SMILES string of the molecule is COC(=O)c1ccc(C(=O)Nc2nnc(-c3ccnn3C(C)C)o2)cc1. The zero-order valence-electron chi connectivity index (χ0n) is 14.5. The van der Waals surface area contributed by atoms with Gasteiger partial charge in [-0.15, -0.1) is 5.10 Å². The predicted octanol–water partition coefficient (Wildman–Crippen LogP) is 2.55. The van der Waals surface area contributed by atoms with Gasteiger partial charge in [-0.3, -0.25) is 14.8 Å². The van der Waals surface area contributed by atoms with Crippen molar-refractivity contribution in [2.45, 2.75) is 19.9 Å². The van der Waals surface area contributed by atoms with Gasteiger partial charge in [0.15, 0.2) is 0 Å². The third-order valence-electron chi connectivity index (χ3n) is 3.59. The number of esters is 1. The van der Waals surface area contributed by atoms with Crippen LogP contribution in [0.25, 0.3) is 11.6 Å². The van der Waals surface area contributed by atoms with Gasteiger partial charge in [0.1, 0.15) is 5.69 Å². The summed E-state index contributed by atoms with van der Waals surface area (Å²) in [6.07, 6.45) is 1.64. The highest BCUT2D eigenvalue weighted by Gasteiger charge is 2.17. The number of hydrogen-bond donors (Lipinski definition) is 1. The maximum absolute atomic E-state index is 12.3. The van der Waals surface area contributed by atoms with E-state index in [1.807, 2.05) is 13.8 Å². The highest BCUT2D eigenvalue weighted by atomic mass is 16.5. The molecule has 0 bridgehead atoms. The molecule has 1 aromatic carbocycles. The molecule has 0 aliphatic heterocycles. The molecule has 2 heterocycles. The van der Waals surface area contributed by atoms with E-state index in [2.05, 4.69) is 25.3 Å². The number of benzene rings is 1. The van der Waals surface area contributed by atoms with Gasteiger partial charge in [-0.2, -0.15) is 5.10 Å². The van der Waals surface area contributed by atoms with Crippen LogP contribution in [0.1, 0.15) is 40.6 Å². The number of anilines is 1. The third-order valence-corrected chi connectivity index (χ3v) is 3.59. The number of carbonyl (C=O) groups is 2. The van der Waals surface area contributed by atoms with Crippen molar-refractivity contribution in [2.24, 2.45) is 0 Å². The molecule has 0 fully saturated rings. The first kappa shape index (κ1) is 17.3. The molecule has 0 unspecified atom stereocenters. The lowest BCUT2D eigenvalue weighted by Crippen LogP contribution is -2.12. The van der Waals surface area contributed by atoms with Crippen LogP contribution in [0.15, 0.2) is 40.9 Å². The van der Waals surface area contributed by atoms with Crippen LogP contribution in [0.2, 0.25) is 0 Å². The summed E-state index contributed by atoms with van der Waals surface area (Å²) in [5, 5.41) is 14.5. The Balaban J connectivity index is 1.73. The van der Waals surface area contributed by atoms with Gasteiger partial charge >= 0.3 is 12.0 Å². The molecule has 0 aliphatic rings. The fourth-order valence-corrected chi connectivity index (χ4v) is 2.32. The summed E-state index contributed by atoms with van der Waals surface area (Å²) in [4.78, 5) is 23.7. The zero-order chi connectivity index (χ0) is 18.7. The van der Waals surface area contributed by atoms with Crippen molar-refractivity contribution in [1.82, 2.24) is 20.0 Å². The van der Waals surface area contributed by atoms with E-state index < -0.39 is 11.9 Å². The Bertz CT molecular complexity index is 927. The van der Waals surface area contributed by atoms with E-state index in [1.54, 1.807) is 16.9 Å². The maximum atomic E-state index is 12.3. The van der Waals surface area contributed by atoms with Crippen LogP contribution in [0.3, 0.4) is 0 Å². The molecular formula is C17H17N5O4. The van der Waals surface area contributed by atoms with Crippen LogP contribution in [-0.4, -0.2) is 39.0 Å². The monoisotopic (exact) mass is 355 g/mol. The molecule has 0 spiro atoms. The van der Waals surface area contributed by atoms with E-state index in [-0.39, 0.29) is 17.9 Å². The number of hydrogen-bond acceptors (Lipinski definition) is 7. The Labute approximate surface area is 149 Å². The number of ether oxygens (including phenoxy) is 1. The average molecular weight is 355 g/mol. The first-order valence-corrected chi connectivity index (χ1v) is 7.86. The van der Waals surface area contributed by atoms with Gasteiger partial charge in [-0.25, -0.2) is 4.79 Å². The summed E-state index contributed by atoms with van der Waals surface area (Å²) in [6, 6.07) is 7.86. The minimum Gasteiger partial charge on any atom is -0.465 e. The van der Waals surface area contributed by atoms with Crippen molar-refractivity contribution in [3.63, 3.8) is 0 Å². The van der Waals surface area contributed by atoms with E-state index in [0.29, 0.717) is 16.8 Å². The summed E-state index contributed by atoms with van der Waals surface area (Å²) in [6.45, 7) is 3.96. The quantitative estimate of drug-likeness (QED) is 0.700. The number of amides is 1. The Morgan fingerprint density at radius 2 is 1.81 bits per heavy atom. The Morgan fingerprint density at radius 1 is 1.12 bits per heavy atom. The number of rotatable bonds is 5. The summed E-state index contributed by atoms with van der Waals surface area (Å²) < 4.78 is 11.9. The first-order valence-electron chi connectivity index (χ1n) is 7.86. The summed E-state index contributed by atoms with van der Waals surface area (Å²) in [7, 11) is 1.29. The lowest BCUT2D eigenvalue weighted by Gasteiger charge is -2.07. The third kappa shape index (κ3) is 3.46. The molecule has 0 aliphatic carbocycles. The van der Waals surface area contributed by atoms with Crippen molar-refractivity contribution in [2.75, 3.05) is 12.4 Å². The summed E-state index contributed by atoms with van der Waals surface area (Å²) >= 11 is 0. The molecule has 9 heteroatoms. The largest absolute Gasteiger partial charge is 0.465 e. The van der Waals surface area contributed by atoms with Gasteiger partial charge in [0.2, 0.25) is 0 Å². The zero-order valence-corrected chi connectivity index (χ0v) is 14.5. The van der Waals surface area contributed by atoms with E-state index in [4.69, 9.17) is 4.42 Å². The fourth-order valence-electron chi connectivity index (χ4n) is 2.32. The lowest BCUT2D eigenvalue weighted by atomic mass is 10.1. The lowest BCUT2D eigenvalue weighted by molar-refractivity contribution is 0.0600. The number of nitrogens with one attached hydrogen (secondary N) is 1. The smallest absolute Gasteiger partial charge is 0.337 e. The van der Waals surface area contributed by atoms with Crippen molar-refractivity contribution >= 4 is 17.9 Å². The van der Waals surface area contributed by atoms with Crippen LogP contribution in [-0.2, 0) is 4.74 Å². The van der Waals surface area contributed by atoms with Crippen LogP contribution >= 0.6 is 0 Å². The molecular weight excluding hydrogens is 338 g/mol. The van der Waals surface area contributed by atoms with Gasteiger partial charge in [-0.05, 0) is 44.2 Å². The van der Waals surface area contributed by atoms with E-state index in [0.717, 1.165) is 0 Å². The van der Waals surface area contributed by atoms with E-state index in [1.165, 1.54) is 31.4 Å². The van der Waals surface area contributed by atoms with Crippen LogP contribution in [0.4, 0.5) is 6.01 Å². The summed E-state index contributed by atoms with van der Waals surface area (Å²) in [5.74, 6) is -0.651. The predicted molar refractivity (Wildman–Crippen MR) is 91.6 cm³/mol. The minimum absolute atomic E-state index is 0.0291. The molecule has 2 aromatic heterocycles. The highest BCUT2D eigenvalue weighted by Crippen LogP contribution is 2.22. The fraction of sp³-hybridized carbons (Fsp3) is 0.235. The number of carbonyl (C=O) groups excluding carboxylic acids is 2. The second-order valence-corrected chi connectivity index (χ2v) is 5.69. The normalized spacial score (nSPS) is 10.8. The molecule has 1 amide bonds. The number of methoxy groups -OCH3 is 1. The topological polar surface area (TPSA) is 112 Å². The minimum atomic E-state index is -0.472.